The molecule has 154 valence electrons. The molecule has 1 saturated heterocycles. The monoisotopic (exact) mass is 396 g/mol. The fraction of sp³-hybridized carbons (Fsp3) is 0.476. The highest BCUT2D eigenvalue weighted by atomic mass is 16.2. The Hall–Kier alpha value is -2.87. The number of fused-ring (bicyclic) bond motifs is 1. The van der Waals surface area contributed by atoms with Crippen LogP contribution >= 0.6 is 0 Å². The van der Waals surface area contributed by atoms with E-state index in [2.05, 4.69) is 53.8 Å². The van der Waals surface area contributed by atoms with E-state index in [0.29, 0.717) is 17.7 Å². The van der Waals surface area contributed by atoms with Crippen molar-refractivity contribution in [3.8, 4) is 0 Å². The van der Waals surface area contributed by atoms with Gasteiger partial charge < -0.3 is 9.80 Å². The summed E-state index contributed by atoms with van der Waals surface area (Å²) in [5.41, 5.74) is 3.53. The summed E-state index contributed by atoms with van der Waals surface area (Å²) in [7, 11) is 1.65. The second-order valence-electron chi connectivity index (χ2n) is 7.84. The van der Waals surface area contributed by atoms with Crippen molar-refractivity contribution < 1.29 is 0 Å². The van der Waals surface area contributed by atoms with Crippen LogP contribution in [-0.4, -0.2) is 56.7 Å². The van der Waals surface area contributed by atoms with Crippen LogP contribution in [0.2, 0.25) is 0 Å². The molecule has 0 aliphatic carbocycles. The van der Waals surface area contributed by atoms with Crippen molar-refractivity contribution in [3.63, 3.8) is 0 Å². The normalized spacial score (nSPS) is 15.4. The SMILES string of the molecule is CCN1CCN(c2nc3c(c(=O)[nH]c(=O)n3C)n2Cc2cc(C)ccc2C)CC1. The lowest BCUT2D eigenvalue weighted by Gasteiger charge is -2.34. The number of aromatic nitrogens is 4. The van der Waals surface area contributed by atoms with Crippen molar-refractivity contribution >= 4 is 17.1 Å². The summed E-state index contributed by atoms with van der Waals surface area (Å²) >= 11 is 0. The van der Waals surface area contributed by atoms with E-state index in [1.165, 1.54) is 15.7 Å². The zero-order valence-corrected chi connectivity index (χ0v) is 17.5. The van der Waals surface area contributed by atoms with Crippen LogP contribution < -0.4 is 16.1 Å². The number of aromatic amines is 1. The zero-order chi connectivity index (χ0) is 20.7. The number of H-pyrrole nitrogens is 1. The van der Waals surface area contributed by atoms with Gasteiger partial charge in [0.05, 0.1) is 6.54 Å². The predicted octanol–water partition coefficient (Wildman–Crippen LogP) is 1.23. The van der Waals surface area contributed by atoms with Crippen molar-refractivity contribution in [2.75, 3.05) is 37.6 Å². The van der Waals surface area contributed by atoms with Crippen molar-refractivity contribution in [2.45, 2.75) is 27.3 Å². The molecule has 1 fully saturated rings. The van der Waals surface area contributed by atoms with E-state index in [0.717, 1.165) is 44.2 Å². The Kier molecular flexibility index (Phi) is 5.04. The molecule has 0 radical (unpaired) electrons. The first-order chi connectivity index (χ1) is 13.9. The molecule has 3 heterocycles. The third kappa shape index (κ3) is 3.48. The number of benzene rings is 1. The summed E-state index contributed by atoms with van der Waals surface area (Å²) in [6, 6.07) is 6.34. The second-order valence-corrected chi connectivity index (χ2v) is 7.84. The molecule has 3 aromatic rings. The number of imidazole rings is 1. The molecule has 4 rings (SSSR count). The molecular weight excluding hydrogens is 368 g/mol. The summed E-state index contributed by atoms with van der Waals surface area (Å²) in [5.74, 6) is 0.753. The molecule has 2 aromatic heterocycles. The molecule has 0 bridgehead atoms. The third-order valence-electron chi connectivity index (χ3n) is 5.92. The van der Waals surface area contributed by atoms with Gasteiger partial charge in [0.15, 0.2) is 11.2 Å². The average Bonchev–Trinajstić information content (AvgIpc) is 3.09. The van der Waals surface area contributed by atoms with Crippen LogP contribution in [0.5, 0.6) is 0 Å². The number of hydrogen-bond donors (Lipinski definition) is 1. The van der Waals surface area contributed by atoms with Crippen LogP contribution in [0.4, 0.5) is 5.95 Å². The Morgan fingerprint density at radius 1 is 1.10 bits per heavy atom. The first-order valence-electron chi connectivity index (χ1n) is 10.1. The molecule has 1 aromatic carbocycles. The van der Waals surface area contributed by atoms with Gasteiger partial charge in [0.1, 0.15) is 0 Å². The lowest BCUT2D eigenvalue weighted by atomic mass is 10.1. The zero-order valence-electron chi connectivity index (χ0n) is 17.5. The lowest BCUT2D eigenvalue weighted by molar-refractivity contribution is 0.269. The van der Waals surface area contributed by atoms with Gasteiger partial charge in [0.2, 0.25) is 5.95 Å². The van der Waals surface area contributed by atoms with Crippen LogP contribution in [0.1, 0.15) is 23.6 Å². The number of hydrogen-bond acceptors (Lipinski definition) is 5. The van der Waals surface area contributed by atoms with E-state index in [1.807, 2.05) is 4.57 Å². The molecule has 8 heteroatoms. The number of nitrogens with one attached hydrogen (secondary N) is 1. The first-order valence-corrected chi connectivity index (χ1v) is 10.1. The van der Waals surface area contributed by atoms with E-state index in [9.17, 15) is 9.59 Å². The van der Waals surface area contributed by atoms with Crippen LogP contribution in [0.3, 0.4) is 0 Å². The number of likely N-dealkylation sites (N-methyl/N-ethyl adjacent to an activating group) is 1. The highest BCUT2D eigenvalue weighted by molar-refractivity contribution is 5.74. The maximum absolute atomic E-state index is 12.8. The quantitative estimate of drug-likeness (QED) is 0.718. The minimum atomic E-state index is -0.443. The molecule has 0 amide bonds. The number of aryl methyl sites for hydroxylation is 3. The Labute approximate surface area is 169 Å². The Balaban J connectivity index is 1.88. The van der Waals surface area contributed by atoms with Crippen LogP contribution in [0, 0.1) is 13.8 Å². The number of rotatable bonds is 4. The Morgan fingerprint density at radius 2 is 1.83 bits per heavy atom. The van der Waals surface area contributed by atoms with Gasteiger partial charge >= 0.3 is 5.69 Å². The molecular formula is C21H28N6O2. The second kappa shape index (κ2) is 7.51. The van der Waals surface area contributed by atoms with E-state index in [4.69, 9.17) is 4.98 Å². The van der Waals surface area contributed by atoms with E-state index < -0.39 is 5.69 Å². The fourth-order valence-corrected chi connectivity index (χ4v) is 4.02. The van der Waals surface area contributed by atoms with Crippen molar-refractivity contribution in [3.05, 3.63) is 55.7 Å². The maximum Gasteiger partial charge on any atom is 0.329 e. The van der Waals surface area contributed by atoms with Crippen molar-refractivity contribution in [1.29, 1.82) is 0 Å². The van der Waals surface area contributed by atoms with Crippen LogP contribution in [0.25, 0.3) is 11.2 Å². The standard InChI is InChI=1S/C21H28N6O2/c1-5-25-8-10-26(11-9-25)20-22-18-17(19(28)23-21(29)24(18)4)27(20)13-16-12-14(2)6-7-15(16)3/h6-7,12H,5,8-11,13H2,1-4H3,(H,23,28,29). The lowest BCUT2D eigenvalue weighted by Crippen LogP contribution is -2.47. The number of piperazine rings is 1. The molecule has 0 unspecified atom stereocenters. The van der Waals surface area contributed by atoms with Crippen molar-refractivity contribution in [1.82, 2.24) is 24.0 Å². The minimum absolute atomic E-state index is 0.389. The van der Waals surface area contributed by atoms with Gasteiger partial charge in [0.25, 0.3) is 5.56 Å². The fourth-order valence-electron chi connectivity index (χ4n) is 4.02. The number of anilines is 1. The number of nitrogens with zero attached hydrogens (tertiary/aromatic N) is 5. The molecule has 8 nitrogen and oxygen atoms in total. The highest BCUT2D eigenvalue weighted by Gasteiger charge is 2.24. The summed E-state index contributed by atoms with van der Waals surface area (Å²) in [6.45, 7) is 11.5. The molecule has 1 N–H and O–H groups in total. The van der Waals surface area contributed by atoms with E-state index >= 15 is 0 Å². The summed E-state index contributed by atoms with van der Waals surface area (Å²) in [4.78, 5) is 36.7. The molecule has 29 heavy (non-hydrogen) atoms. The molecule has 0 saturated carbocycles. The van der Waals surface area contributed by atoms with Gasteiger partial charge in [-0.1, -0.05) is 30.7 Å². The van der Waals surface area contributed by atoms with Gasteiger partial charge in [-0.15, -0.1) is 0 Å². The Morgan fingerprint density at radius 3 is 2.52 bits per heavy atom. The van der Waals surface area contributed by atoms with Crippen LogP contribution in [-0.2, 0) is 13.6 Å². The van der Waals surface area contributed by atoms with Gasteiger partial charge in [-0.25, -0.2) is 4.79 Å². The minimum Gasteiger partial charge on any atom is -0.340 e. The van der Waals surface area contributed by atoms with Gasteiger partial charge in [0, 0.05) is 33.2 Å². The maximum atomic E-state index is 12.8. The topological polar surface area (TPSA) is 79.2 Å². The molecule has 0 spiro atoms. The summed E-state index contributed by atoms with van der Waals surface area (Å²) in [5, 5.41) is 0. The smallest absolute Gasteiger partial charge is 0.329 e. The summed E-state index contributed by atoms with van der Waals surface area (Å²) in [6.07, 6.45) is 0. The molecule has 1 aliphatic heterocycles. The predicted molar refractivity (Wildman–Crippen MR) is 115 cm³/mol. The first kappa shape index (κ1) is 19.4. The molecule has 1 aliphatic rings. The van der Waals surface area contributed by atoms with Crippen molar-refractivity contribution in [2.24, 2.45) is 7.05 Å². The van der Waals surface area contributed by atoms with Gasteiger partial charge in [-0.05, 0) is 31.5 Å². The average molecular weight is 396 g/mol. The Bertz CT molecular complexity index is 1160. The molecule has 0 atom stereocenters. The van der Waals surface area contributed by atoms with E-state index in [-0.39, 0.29) is 5.56 Å². The van der Waals surface area contributed by atoms with Crippen LogP contribution in [0.15, 0.2) is 27.8 Å². The highest BCUT2D eigenvalue weighted by Crippen LogP contribution is 2.23. The largest absolute Gasteiger partial charge is 0.340 e. The van der Waals surface area contributed by atoms with Gasteiger partial charge in [-0.3, -0.25) is 18.9 Å². The third-order valence-corrected chi connectivity index (χ3v) is 5.92. The van der Waals surface area contributed by atoms with Gasteiger partial charge in [-0.2, -0.15) is 4.98 Å². The summed E-state index contributed by atoms with van der Waals surface area (Å²) < 4.78 is 3.39. The van der Waals surface area contributed by atoms with E-state index in [1.54, 1.807) is 7.05 Å².